The molecule has 0 spiro atoms. The average molecular weight is 359 g/mol. The van der Waals surface area contributed by atoms with Crippen LogP contribution < -0.4 is 11.2 Å². The molecule has 0 aromatic heterocycles. The van der Waals surface area contributed by atoms with E-state index in [4.69, 9.17) is 5.73 Å². The number of nitrogens with two attached hydrogens (primary N) is 1. The van der Waals surface area contributed by atoms with E-state index in [0.29, 0.717) is 17.0 Å². The van der Waals surface area contributed by atoms with E-state index < -0.39 is 4.92 Å². The highest BCUT2D eigenvalue weighted by molar-refractivity contribution is 6.13. The first kappa shape index (κ1) is 17.8. The number of hydrogen-bond donors (Lipinski definition) is 2. The zero-order chi connectivity index (χ0) is 19.1. The van der Waals surface area contributed by atoms with Crippen LogP contribution in [0.25, 0.3) is 0 Å². The van der Waals surface area contributed by atoms with Crippen molar-refractivity contribution in [1.82, 2.24) is 5.43 Å². The molecule has 0 fully saturated rings. The third kappa shape index (κ3) is 4.76. The summed E-state index contributed by atoms with van der Waals surface area (Å²) in [6, 6.07) is 24.9. The van der Waals surface area contributed by atoms with Crippen LogP contribution in [0, 0.1) is 10.1 Å². The third-order valence-electron chi connectivity index (χ3n) is 3.69. The van der Waals surface area contributed by atoms with Gasteiger partial charge in [-0.15, -0.1) is 0 Å². The Balaban J connectivity index is 1.91. The number of hydrazone groups is 1. The fourth-order valence-corrected chi connectivity index (χ4v) is 2.41. The average Bonchev–Trinajstić information content (AvgIpc) is 2.70. The molecule has 134 valence electrons. The van der Waals surface area contributed by atoms with Crippen LogP contribution in [0.2, 0.25) is 0 Å². The molecule has 0 aliphatic carbocycles. The lowest BCUT2D eigenvalue weighted by Crippen LogP contribution is -2.28. The minimum Gasteiger partial charge on any atom is -0.368 e. The molecule has 0 bridgehead atoms. The first-order valence-corrected chi connectivity index (χ1v) is 8.16. The second-order valence-corrected chi connectivity index (χ2v) is 5.57. The molecule has 3 aromatic rings. The number of guanidine groups is 1. The number of non-ortho nitro benzene ring substituents is 1. The summed E-state index contributed by atoms with van der Waals surface area (Å²) < 4.78 is 0. The molecule has 7 nitrogen and oxygen atoms in total. The molecule has 7 heteroatoms. The Morgan fingerprint density at radius 2 is 1.41 bits per heavy atom. The van der Waals surface area contributed by atoms with Crippen molar-refractivity contribution in [2.75, 3.05) is 0 Å². The van der Waals surface area contributed by atoms with Crippen LogP contribution in [0.5, 0.6) is 0 Å². The maximum atomic E-state index is 10.9. The second kappa shape index (κ2) is 8.39. The number of benzene rings is 3. The van der Waals surface area contributed by atoms with Gasteiger partial charge in [-0.3, -0.25) is 10.1 Å². The van der Waals surface area contributed by atoms with Gasteiger partial charge in [0.05, 0.1) is 16.3 Å². The van der Waals surface area contributed by atoms with Gasteiger partial charge in [-0.25, -0.2) is 10.4 Å². The number of para-hydroxylation sites is 1. The number of nitro groups is 1. The molecular weight excluding hydrogens is 342 g/mol. The van der Waals surface area contributed by atoms with Crippen molar-refractivity contribution in [3.8, 4) is 0 Å². The van der Waals surface area contributed by atoms with Crippen LogP contribution in [0.4, 0.5) is 11.4 Å². The van der Waals surface area contributed by atoms with E-state index in [-0.39, 0.29) is 11.6 Å². The quantitative estimate of drug-likeness (QED) is 0.314. The molecule has 0 radical (unpaired) electrons. The molecule has 0 amide bonds. The molecule has 0 saturated heterocycles. The highest BCUT2D eigenvalue weighted by Gasteiger charge is 2.10. The molecule has 3 N–H and O–H groups in total. The number of nitrogens with zero attached hydrogens (tertiary/aromatic N) is 3. The summed E-state index contributed by atoms with van der Waals surface area (Å²) in [5.74, 6) is 0.136. The summed E-state index contributed by atoms with van der Waals surface area (Å²) in [4.78, 5) is 14.7. The van der Waals surface area contributed by atoms with Crippen molar-refractivity contribution in [1.29, 1.82) is 0 Å². The maximum Gasteiger partial charge on any atom is 0.269 e. The molecule has 3 aromatic carbocycles. The van der Waals surface area contributed by atoms with Crippen LogP contribution in [-0.4, -0.2) is 16.6 Å². The Labute approximate surface area is 156 Å². The molecule has 0 aliphatic rings. The number of hydrogen-bond acceptors (Lipinski definition) is 4. The minimum absolute atomic E-state index is 0.0178. The van der Waals surface area contributed by atoms with E-state index in [9.17, 15) is 10.1 Å². The predicted octanol–water partition coefficient (Wildman–Crippen LogP) is 3.58. The lowest BCUT2D eigenvalue weighted by molar-refractivity contribution is -0.384. The lowest BCUT2D eigenvalue weighted by atomic mass is 10.0. The van der Waals surface area contributed by atoms with Crippen LogP contribution in [0.15, 0.2) is 95.0 Å². The predicted molar refractivity (Wildman–Crippen MR) is 106 cm³/mol. The Bertz CT molecular complexity index is 968. The van der Waals surface area contributed by atoms with Gasteiger partial charge in [-0.05, 0) is 24.3 Å². The summed E-state index contributed by atoms with van der Waals surface area (Å²) in [5.41, 5.74) is 11.5. The van der Waals surface area contributed by atoms with Gasteiger partial charge in [-0.1, -0.05) is 48.5 Å². The summed E-state index contributed by atoms with van der Waals surface area (Å²) in [6.07, 6.45) is 0. The van der Waals surface area contributed by atoms with Gasteiger partial charge in [-0.2, -0.15) is 5.10 Å². The van der Waals surface area contributed by atoms with Crippen molar-refractivity contribution in [3.63, 3.8) is 0 Å². The van der Waals surface area contributed by atoms with Gasteiger partial charge in [0.15, 0.2) is 0 Å². The largest absolute Gasteiger partial charge is 0.368 e. The summed E-state index contributed by atoms with van der Waals surface area (Å²) in [6.45, 7) is 0. The number of rotatable bonds is 5. The Kier molecular flexibility index (Phi) is 5.54. The normalized spacial score (nSPS) is 11.9. The first-order valence-electron chi connectivity index (χ1n) is 8.16. The second-order valence-electron chi connectivity index (χ2n) is 5.57. The van der Waals surface area contributed by atoms with Crippen molar-refractivity contribution in [2.24, 2.45) is 15.8 Å². The maximum absolute atomic E-state index is 10.9. The highest BCUT2D eigenvalue weighted by Crippen LogP contribution is 2.16. The van der Waals surface area contributed by atoms with E-state index in [2.05, 4.69) is 15.5 Å². The van der Waals surface area contributed by atoms with Crippen molar-refractivity contribution >= 4 is 23.0 Å². The van der Waals surface area contributed by atoms with E-state index in [1.54, 1.807) is 12.1 Å². The van der Waals surface area contributed by atoms with Gasteiger partial charge in [0, 0.05) is 23.3 Å². The molecule has 0 unspecified atom stereocenters. The standard InChI is InChI=1S/C20H17N5O2/c21-20(22-17-9-5-2-6-10-17)24-23-19(15-7-3-1-4-8-15)16-11-13-18(14-12-16)25(26)27/h1-14H,(H3,21,22,24)/b23-19+. The van der Waals surface area contributed by atoms with Crippen LogP contribution in [0.3, 0.4) is 0 Å². The van der Waals surface area contributed by atoms with Crippen molar-refractivity contribution in [2.45, 2.75) is 0 Å². The number of aliphatic imine (C=N–C) groups is 1. The monoisotopic (exact) mass is 359 g/mol. The summed E-state index contributed by atoms with van der Waals surface area (Å²) in [5, 5.41) is 15.2. The SMILES string of the molecule is NC(=Nc1ccccc1)N/N=C(\c1ccccc1)c1ccc([N+](=O)[O-])cc1. The van der Waals surface area contributed by atoms with Crippen molar-refractivity contribution in [3.05, 3.63) is 106 Å². The Morgan fingerprint density at radius 3 is 2.00 bits per heavy atom. The molecule has 0 saturated carbocycles. The smallest absolute Gasteiger partial charge is 0.269 e. The lowest BCUT2D eigenvalue weighted by Gasteiger charge is -2.08. The fourth-order valence-electron chi connectivity index (χ4n) is 2.41. The van der Waals surface area contributed by atoms with E-state index >= 15 is 0 Å². The molecule has 3 rings (SSSR count). The van der Waals surface area contributed by atoms with E-state index in [0.717, 1.165) is 5.56 Å². The van der Waals surface area contributed by atoms with Gasteiger partial charge >= 0.3 is 0 Å². The zero-order valence-corrected chi connectivity index (χ0v) is 14.3. The van der Waals surface area contributed by atoms with Crippen LogP contribution in [-0.2, 0) is 0 Å². The Hall–Kier alpha value is -4.00. The van der Waals surface area contributed by atoms with Gasteiger partial charge < -0.3 is 5.73 Å². The molecule has 0 atom stereocenters. The van der Waals surface area contributed by atoms with Crippen molar-refractivity contribution < 1.29 is 4.92 Å². The summed E-state index contributed by atoms with van der Waals surface area (Å²) >= 11 is 0. The zero-order valence-electron chi connectivity index (χ0n) is 14.3. The van der Waals surface area contributed by atoms with E-state index in [1.165, 1.54) is 12.1 Å². The molecular formula is C20H17N5O2. The molecule has 27 heavy (non-hydrogen) atoms. The first-order chi connectivity index (χ1) is 13.1. The minimum atomic E-state index is -0.439. The van der Waals surface area contributed by atoms with Crippen LogP contribution >= 0.6 is 0 Å². The molecule has 0 heterocycles. The van der Waals surface area contributed by atoms with E-state index in [1.807, 2.05) is 60.7 Å². The molecule has 0 aliphatic heterocycles. The Morgan fingerprint density at radius 1 is 0.852 bits per heavy atom. The van der Waals surface area contributed by atoms with Gasteiger partial charge in [0.1, 0.15) is 0 Å². The van der Waals surface area contributed by atoms with Gasteiger partial charge in [0.2, 0.25) is 5.96 Å². The number of nitrogens with one attached hydrogen (secondary N) is 1. The fraction of sp³-hybridized carbons (Fsp3) is 0. The number of nitro benzene ring substituents is 1. The van der Waals surface area contributed by atoms with Crippen LogP contribution in [0.1, 0.15) is 11.1 Å². The topological polar surface area (TPSA) is 106 Å². The highest BCUT2D eigenvalue weighted by atomic mass is 16.6. The summed E-state index contributed by atoms with van der Waals surface area (Å²) in [7, 11) is 0. The third-order valence-corrected chi connectivity index (χ3v) is 3.69. The van der Waals surface area contributed by atoms with Gasteiger partial charge in [0.25, 0.3) is 5.69 Å².